The van der Waals surface area contributed by atoms with Gasteiger partial charge in [-0.2, -0.15) is 0 Å². The highest BCUT2D eigenvalue weighted by Crippen LogP contribution is 2.22. The van der Waals surface area contributed by atoms with Crippen molar-refractivity contribution in [1.29, 1.82) is 0 Å². The second kappa shape index (κ2) is 6.02. The van der Waals surface area contributed by atoms with Crippen molar-refractivity contribution >= 4 is 28.5 Å². The first-order valence-electron chi connectivity index (χ1n) is 6.20. The molecule has 2 atom stereocenters. The quantitative estimate of drug-likeness (QED) is 0.843. The number of hydrogen-bond acceptors (Lipinski definition) is 2. The second-order valence-electron chi connectivity index (χ2n) is 4.78. The maximum absolute atomic E-state index is 12.2. The van der Waals surface area contributed by atoms with Crippen molar-refractivity contribution in [2.75, 3.05) is 7.11 Å². The summed E-state index contributed by atoms with van der Waals surface area (Å²) in [5.74, 6) is 0.0323. The molecule has 0 heterocycles. The van der Waals surface area contributed by atoms with Crippen LogP contribution in [-0.2, 0) is 4.74 Å². The number of benzene rings is 1. The molecule has 0 aromatic heterocycles. The Bertz CT molecular complexity index is 447. The lowest BCUT2D eigenvalue weighted by molar-refractivity contribution is 0.0914. The summed E-state index contributed by atoms with van der Waals surface area (Å²) in [7, 11) is 1.73. The number of carbonyl (C=O) groups is 1. The first kappa shape index (κ1) is 13.8. The molecule has 1 amide bonds. The first-order chi connectivity index (χ1) is 8.61. The van der Waals surface area contributed by atoms with E-state index in [2.05, 4.69) is 27.9 Å². The smallest absolute Gasteiger partial charge is 0.252 e. The number of carbonyl (C=O) groups excluding carboxylic acids is 1. The largest absolute Gasteiger partial charge is 0.381 e. The summed E-state index contributed by atoms with van der Waals surface area (Å²) in [6.45, 7) is 2.02. The molecule has 0 saturated heterocycles. The number of nitrogens with one attached hydrogen (secondary N) is 1. The van der Waals surface area contributed by atoms with Gasteiger partial charge in [0.25, 0.3) is 5.91 Å². The minimum absolute atomic E-state index is 0.0323. The first-order valence-corrected chi connectivity index (χ1v) is 7.28. The molecule has 2 unspecified atom stereocenters. The van der Waals surface area contributed by atoms with E-state index < -0.39 is 0 Å². The van der Waals surface area contributed by atoms with Gasteiger partial charge in [-0.25, -0.2) is 0 Å². The fourth-order valence-corrected chi connectivity index (χ4v) is 2.98. The fourth-order valence-electron chi connectivity index (χ4n) is 2.37. The van der Waals surface area contributed by atoms with Crippen LogP contribution in [0.5, 0.6) is 0 Å². The van der Waals surface area contributed by atoms with E-state index in [9.17, 15) is 4.79 Å². The number of amides is 1. The number of aryl methyl sites for hydroxylation is 1. The van der Waals surface area contributed by atoms with Crippen molar-refractivity contribution in [3.05, 3.63) is 32.9 Å². The van der Waals surface area contributed by atoms with Gasteiger partial charge < -0.3 is 10.1 Å². The van der Waals surface area contributed by atoms with Crippen molar-refractivity contribution < 1.29 is 9.53 Å². The minimum atomic E-state index is 0.0323. The molecule has 1 saturated carbocycles. The third-order valence-electron chi connectivity index (χ3n) is 3.49. The summed E-state index contributed by atoms with van der Waals surface area (Å²) in [6.07, 6.45) is 3.26. The van der Waals surface area contributed by atoms with Gasteiger partial charge in [0.2, 0.25) is 0 Å². The monoisotopic (exact) mass is 359 g/mol. The normalized spacial score (nSPS) is 23.1. The van der Waals surface area contributed by atoms with Gasteiger partial charge in [-0.05, 0) is 60.4 Å². The van der Waals surface area contributed by atoms with Crippen molar-refractivity contribution in [1.82, 2.24) is 5.32 Å². The number of halogens is 1. The highest BCUT2D eigenvalue weighted by Gasteiger charge is 2.26. The lowest BCUT2D eigenvalue weighted by Gasteiger charge is -2.14. The molecule has 2 rings (SSSR count). The highest BCUT2D eigenvalue weighted by atomic mass is 127. The number of rotatable bonds is 3. The van der Waals surface area contributed by atoms with Crippen LogP contribution in [0.3, 0.4) is 0 Å². The Morgan fingerprint density at radius 2 is 2.22 bits per heavy atom. The Labute approximate surface area is 121 Å². The molecule has 1 aliphatic rings. The van der Waals surface area contributed by atoms with Crippen LogP contribution in [0.15, 0.2) is 18.2 Å². The van der Waals surface area contributed by atoms with Crippen LogP contribution in [0, 0.1) is 10.5 Å². The van der Waals surface area contributed by atoms with Crippen molar-refractivity contribution in [2.24, 2.45) is 0 Å². The zero-order valence-corrected chi connectivity index (χ0v) is 12.9. The third-order valence-corrected chi connectivity index (χ3v) is 4.92. The number of ether oxygens (including phenoxy) is 1. The molecule has 98 valence electrons. The summed E-state index contributed by atoms with van der Waals surface area (Å²) in [4.78, 5) is 12.2. The number of hydrogen-bond donors (Lipinski definition) is 1. The summed E-state index contributed by atoms with van der Waals surface area (Å²) >= 11 is 2.23. The van der Waals surface area contributed by atoms with E-state index in [0.717, 1.165) is 34.0 Å². The molecule has 0 spiro atoms. The summed E-state index contributed by atoms with van der Waals surface area (Å²) in [6, 6.07) is 6.08. The van der Waals surface area contributed by atoms with Gasteiger partial charge in [-0.15, -0.1) is 0 Å². The molecule has 0 aliphatic heterocycles. The zero-order valence-electron chi connectivity index (χ0n) is 10.7. The highest BCUT2D eigenvalue weighted by molar-refractivity contribution is 14.1. The second-order valence-corrected chi connectivity index (χ2v) is 5.86. The molecule has 0 bridgehead atoms. The molecule has 1 aromatic carbocycles. The lowest BCUT2D eigenvalue weighted by atomic mass is 10.1. The maximum atomic E-state index is 12.2. The van der Waals surface area contributed by atoms with Crippen molar-refractivity contribution in [3.63, 3.8) is 0 Å². The van der Waals surface area contributed by atoms with Crippen molar-refractivity contribution in [2.45, 2.75) is 38.3 Å². The Balaban J connectivity index is 2.02. The lowest BCUT2D eigenvalue weighted by Crippen LogP contribution is -2.33. The third kappa shape index (κ3) is 3.03. The number of methoxy groups -OCH3 is 1. The van der Waals surface area contributed by atoms with E-state index >= 15 is 0 Å². The van der Waals surface area contributed by atoms with Crippen LogP contribution in [0.1, 0.15) is 35.2 Å². The maximum Gasteiger partial charge on any atom is 0.252 e. The predicted molar refractivity (Wildman–Crippen MR) is 79.8 cm³/mol. The van der Waals surface area contributed by atoms with Gasteiger partial charge in [0.1, 0.15) is 0 Å². The fraction of sp³-hybridized carbons (Fsp3) is 0.500. The summed E-state index contributed by atoms with van der Waals surface area (Å²) in [5.41, 5.74) is 1.92. The van der Waals surface area contributed by atoms with Gasteiger partial charge >= 0.3 is 0 Å². The molecule has 18 heavy (non-hydrogen) atoms. The van der Waals surface area contributed by atoms with E-state index in [1.54, 1.807) is 7.11 Å². The van der Waals surface area contributed by atoms with E-state index in [1.165, 1.54) is 0 Å². The molecule has 3 nitrogen and oxygen atoms in total. The van der Waals surface area contributed by atoms with E-state index in [-0.39, 0.29) is 11.9 Å². The van der Waals surface area contributed by atoms with Crippen LogP contribution < -0.4 is 5.32 Å². The Morgan fingerprint density at radius 1 is 1.44 bits per heavy atom. The average Bonchev–Trinajstić information content (AvgIpc) is 2.80. The molecule has 1 aromatic rings. The van der Waals surface area contributed by atoms with E-state index in [4.69, 9.17) is 4.74 Å². The van der Waals surface area contributed by atoms with Crippen molar-refractivity contribution in [3.8, 4) is 0 Å². The molecule has 0 radical (unpaired) electrons. The Kier molecular flexibility index (Phi) is 4.61. The van der Waals surface area contributed by atoms with Gasteiger partial charge in [0.05, 0.1) is 11.7 Å². The van der Waals surface area contributed by atoms with Crippen LogP contribution in [0.25, 0.3) is 0 Å². The predicted octanol–water partition coefficient (Wildman–Crippen LogP) is 2.90. The van der Waals surface area contributed by atoms with E-state index in [0.29, 0.717) is 6.10 Å². The molecule has 1 aliphatic carbocycles. The molecular formula is C14H18INO2. The molecular weight excluding hydrogens is 341 g/mol. The SMILES string of the molecule is COC1CCC(NC(=O)c2cccc(C)c2I)C1. The van der Waals surface area contributed by atoms with Gasteiger partial charge in [-0.1, -0.05) is 12.1 Å². The van der Waals surface area contributed by atoms with Gasteiger partial charge in [-0.3, -0.25) is 4.79 Å². The Hall–Kier alpha value is -0.620. The van der Waals surface area contributed by atoms with Crippen LogP contribution in [-0.4, -0.2) is 25.2 Å². The van der Waals surface area contributed by atoms with Gasteiger partial charge in [0.15, 0.2) is 0 Å². The van der Waals surface area contributed by atoms with E-state index in [1.807, 2.05) is 25.1 Å². The van der Waals surface area contributed by atoms with Crippen LogP contribution >= 0.6 is 22.6 Å². The molecule has 1 N–H and O–H groups in total. The van der Waals surface area contributed by atoms with Crippen LogP contribution in [0.4, 0.5) is 0 Å². The summed E-state index contributed by atoms with van der Waals surface area (Å²) < 4.78 is 6.35. The zero-order chi connectivity index (χ0) is 13.1. The molecule has 1 fully saturated rings. The Morgan fingerprint density at radius 3 is 2.89 bits per heavy atom. The summed E-state index contributed by atoms with van der Waals surface area (Å²) in [5, 5.41) is 3.10. The van der Waals surface area contributed by atoms with Crippen LogP contribution in [0.2, 0.25) is 0 Å². The standard InChI is InChI=1S/C14H18INO2/c1-9-4-3-5-12(13(9)15)14(17)16-10-6-7-11(8-10)18-2/h3-5,10-11H,6-8H2,1-2H3,(H,16,17). The average molecular weight is 359 g/mol. The van der Waals surface area contributed by atoms with Gasteiger partial charge in [0, 0.05) is 16.7 Å². The minimum Gasteiger partial charge on any atom is -0.381 e. The topological polar surface area (TPSA) is 38.3 Å². The molecule has 4 heteroatoms.